The molecular formula is C10H12N2. The molecule has 0 aliphatic carbocycles. The van der Waals surface area contributed by atoms with Crippen LogP contribution in [0.2, 0.25) is 0 Å². The van der Waals surface area contributed by atoms with E-state index in [9.17, 15) is 0 Å². The van der Waals surface area contributed by atoms with Crippen LogP contribution >= 0.6 is 0 Å². The molecular weight excluding hydrogens is 148 g/mol. The summed E-state index contributed by atoms with van der Waals surface area (Å²) in [6.45, 7) is 11.4. The van der Waals surface area contributed by atoms with Crippen LogP contribution in [0.15, 0.2) is 19.2 Å². The average molecular weight is 160 g/mol. The molecule has 2 heteroatoms. The smallest absolute Gasteiger partial charge is 0.0926 e. The van der Waals surface area contributed by atoms with Crippen molar-refractivity contribution in [1.29, 1.82) is 0 Å². The Morgan fingerprint density at radius 3 is 2.67 bits per heavy atom. The second-order valence-electron chi connectivity index (χ2n) is 2.77. The van der Waals surface area contributed by atoms with E-state index in [0.717, 1.165) is 22.5 Å². The van der Waals surface area contributed by atoms with Gasteiger partial charge in [-0.1, -0.05) is 13.2 Å². The highest BCUT2D eigenvalue weighted by molar-refractivity contribution is 5.69. The number of rotatable bonds is 2. The first kappa shape index (κ1) is 8.65. The van der Waals surface area contributed by atoms with Gasteiger partial charge in [-0.15, -0.1) is 0 Å². The van der Waals surface area contributed by atoms with Crippen molar-refractivity contribution in [3.63, 3.8) is 0 Å². The van der Waals surface area contributed by atoms with Crippen LogP contribution in [0.4, 0.5) is 0 Å². The molecule has 0 radical (unpaired) electrons. The average Bonchev–Trinajstić information content (AvgIpc) is 2.04. The Kier molecular flexibility index (Phi) is 2.38. The Morgan fingerprint density at radius 2 is 2.17 bits per heavy atom. The Labute approximate surface area is 72.6 Å². The van der Waals surface area contributed by atoms with Crippen molar-refractivity contribution in [2.45, 2.75) is 13.8 Å². The number of aryl methyl sites for hydroxylation is 1. The molecule has 0 aromatic carbocycles. The van der Waals surface area contributed by atoms with E-state index in [4.69, 9.17) is 0 Å². The van der Waals surface area contributed by atoms with Crippen molar-refractivity contribution in [2.75, 3.05) is 0 Å². The summed E-state index contributed by atoms with van der Waals surface area (Å²) < 4.78 is 0. The molecule has 0 aliphatic rings. The van der Waals surface area contributed by atoms with E-state index in [1.54, 1.807) is 6.08 Å². The van der Waals surface area contributed by atoms with E-state index >= 15 is 0 Å². The number of hydrogen-bond acceptors (Lipinski definition) is 2. The predicted molar refractivity (Wildman–Crippen MR) is 51.6 cm³/mol. The molecule has 0 unspecified atom stereocenters. The zero-order chi connectivity index (χ0) is 9.14. The molecule has 0 aliphatic heterocycles. The van der Waals surface area contributed by atoms with E-state index in [1.807, 2.05) is 19.9 Å². The van der Waals surface area contributed by atoms with E-state index < -0.39 is 0 Å². The fraction of sp³-hybridized carbons (Fsp3) is 0.200. The molecule has 2 nitrogen and oxygen atoms in total. The summed E-state index contributed by atoms with van der Waals surface area (Å²) >= 11 is 0. The first-order valence-electron chi connectivity index (χ1n) is 3.78. The van der Waals surface area contributed by atoms with Gasteiger partial charge < -0.3 is 0 Å². The minimum absolute atomic E-state index is 0.799. The Balaban J connectivity index is 3.30. The molecule has 12 heavy (non-hydrogen) atoms. The number of allylic oxidation sites excluding steroid dienone is 1. The SMILES string of the molecule is C=Cc1nnc(C)cc1C(=C)C. The molecule has 0 saturated carbocycles. The minimum Gasteiger partial charge on any atom is -0.155 e. The first-order valence-corrected chi connectivity index (χ1v) is 3.78. The van der Waals surface area contributed by atoms with Crippen molar-refractivity contribution in [3.8, 4) is 0 Å². The monoisotopic (exact) mass is 160 g/mol. The largest absolute Gasteiger partial charge is 0.155 e. The second kappa shape index (κ2) is 3.30. The molecule has 1 aromatic rings. The van der Waals surface area contributed by atoms with Gasteiger partial charge in [0.1, 0.15) is 0 Å². The fourth-order valence-corrected chi connectivity index (χ4v) is 0.991. The van der Waals surface area contributed by atoms with Gasteiger partial charge in [-0.25, -0.2) is 0 Å². The summed E-state index contributed by atoms with van der Waals surface area (Å²) in [4.78, 5) is 0. The van der Waals surface area contributed by atoms with Gasteiger partial charge in [0.25, 0.3) is 0 Å². The van der Waals surface area contributed by atoms with Gasteiger partial charge in [0, 0.05) is 5.56 Å². The molecule has 0 atom stereocenters. The van der Waals surface area contributed by atoms with Crippen LogP contribution in [0.25, 0.3) is 11.6 Å². The van der Waals surface area contributed by atoms with Crippen molar-refractivity contribution < 1.29 is 0 Å². The van der Waals surface area contributed by atoms with Crippen molar-refractivity contribution >= 4 is 11.6 Å². The van der Waals surface area contributed by atoms with Crippen LogP contribution in [0, 0.1) is 6.92 Å². The number of nitrogens with zero attached hydrogens (tertiary/aromatic N) is 2. The quantitative estimate of drug-likeness (QED) is 0.664. The number of hydrogen-bond donors (Lipinski definition) is 0. The first-order chi connectivity index (χ1) is 5.65. The maximum absolute atomic E-state index is 3.99. The van der Waals surface area contributed by atoms with Gasteiger partial charge in [-0.05, 0) is 31.6 Å². The maximum Gasteiger partial charge on any atom is 0.0926 e. The highest BCUT2D eigenvalue weighted by Gasteiger charge is 2.01. The van der Waals surface area contributed by atoms with Crippen LogP contribution in [-0.2, 0) is 0 Å². The van der Waals surface area contributed by atoms with Crippen LogP contribution < -0.4 is 0 Å². The van der Waals surface area contributed by atoms with Gasteiger partial charge in [-0.3, -0.25) is 0 Å². The van der Waals surface area contributed by atoms with Crippen LogP contribution in [0.1, 0.15) is 23.9 Å². The van der Waals surface area contributed by atoms with E-state index in [0.29, 0.717) is 0 Å². The number of aromatic nitrogens is 2. The lowest BCUT2D eigenvalue weighted by Gasteiger charge is -2.03. The Bertz CT molecular complexity index is 327. The zero-order valence-electron chi connectivity index (χ0n) is 7.46. The minimum atomic E-state index is 0.799. The summed E-state index contributed by atoms with van der Waals surface area (Å²) in [6.07, 6.45) is 1.69. The third kappa shape index (κ3) is 1.59. The van der Waals surface area contributed by atoms with Crippen molar-refractivity contribution in [1.82, 2.24) is 10.2 Å². The van der Waals surface area contributed by atoms with E-state index in [1.165, 1.54) is 0 Å². The summed E-state index contributed by atoms with van der Waals surface area (Å²) in [5, 5.41) is 7.92. The van der Waals surface area contributed by atoms with Gasteiger partial charge in [0.05, 0.1) is 11.4 Å². The van der Waals surface area contributed by atoms with Gasteiger partial charge in [0.15, 0.2) is 0 Å². The Morgan fingerprint density at radius 1 is 1.50 bits per heavy atom. The van der Waals surface area contributed by atoms with Crippen molar-refractivity contribution in [2.24, 2.45) is 0 Å². The molecule has 0 amide bonds. The molecule has 1 aromatic heterocycles. The fourth-order valence-electron chi connectivity index (χ4n) is 0.991. The molecule has 0 saturated heterocycles. The molecule has 1 heterocycles. The summed E-state index contributed by atoms with van der Waals surface area (Å²) in [6, 6.07) is 1.96. The molecule has 0 spiro atoms. The van der Waals surface area contributed by atoms with E-state index in [2.05, 4.69) is 23.4 Å². The summed E-state index contributed by atoms with van der Waals surface area (Å²) in [7, 11) is 0. The normalized spacial score (nSPS) is 9.50. The lowest BCUT2D eigenvalue weighted by Crippen LogP contribution is -1.95. The lowest BCUT2D eigenvalue weighted by atomic mass is 10.1. The third-order valence-corrected chi connectivity index (χ3v) is 1.60. The zero-order valence-corrected chi connectivity index (χ0v) is 7.46. The molecule has 1 rings (SSSR count). The maximum atomic E-state index is 3.99. The Hall–Kier alpha value is -1.44. The topological polar surface area (TPSA) is 25.8 Å². The van der Waals surface area contributed by atoms with Crippen LogP contribution in [0.3, 0.4) is 0 Å². The summed E-state index contributed by atoms with van der Waals surface area (Å²) in [5.41, 5.74) is 3.71. The molecule has 0 fully saturated rings. The molecule has 0 N–H and O–H groups in total. The van der Waals surface area contributed by atoms with Gasteiger partial charge in [0.2, 0.25) is 0 Å². The van der Waals surface area contributed by atoms with E-state index in [-0.39, 0.29) is 0 Å². The third-order valence-electron chi connectivity index (χ3n) is 1.60. The van der Waals surface area contributed by atoms with Gasteiger partial charge >= 0.3 is 0 Å². The van der Waals surface area contributed by atoms with Gasteiger partial charge in [-0.2, -0.15) is 10.2 Å². The summed E-state index contributed by atoms with van der Waals surface area (Å²) in [5.74, 6) is 0. The van der Waals surface area contributed by atoms with Crippen LogP contribution in [-0.4, -0.2) is 10.2 Å². The predicted octanol–water partition coefficient (Wildman–Crippen LogP) is 2.46. The standard InChI is InChI=1S/C10H12N2/c1-5-10-9(7(2)3)6-8(4)11-12-10/h5-6H,1-2H2,3-4H3. The van der Waals surface area contributed by atoms with Crippen molar-refractivity contribution in [3.05, 3.63) is 36.2 Å². The van der Waals surface area contributed by atoms with Crippen LogP contribution in [0.5, 0.6) is 0 Å². The molecule has 0 bridgehead atoms. The highest BCUT2D eigenvalue weighted by Crippen LogP contribution is 2.16. The second-order valence-corrected chi connectivity index (χ2v) is 2.77. The highest BCUT2D eigenvalue weighted by atomic mass is 15.1. The molecule has 62 valence electrons. The lowest BCUT2D eigenvalue weighted by molar-refractivity contribution is 0.964.